The van der Waals surface area contributed by atoms with Crippen molar-refractivity contribution in [3.05, 3.63) is 36.4 Å². The zero-order valence-corrected chi connectivity index (χ0v) is 20.0. The van der Waals surface area contributed by atoms with Gasteiger partial charge in [0.1, 0.15) is 39.2 Å². The minimum Gasteiger partial charge on any atom is -0.399 e. The number of fused-ring (bicyclic) bond motifs is 3. The van der Waals surface area contributed by atoms with Crippen molar-refractivity contribution in [2.24, 2.45) is 0 Å². The third kappa shape index (κ3) is 3.31. The molecule has 1 saturated heterocycles. The van der Waals surface area contributed by atoms with Crippen LogP contribution in [0.3, 0.4) is 0 Å². The molecule has 10 radical (unpaired) electrons. The molecule has 9 heteroatoms. The van der Waals surface area contributed by atoms with E-state index in [0.717, 1.165) is 31.2 Å². The van der Waals surface area contributed by atoms with Gasteiger partial charge < -0.3 is 9.31 Å². The van der Waals surface area contributed by atoms with Gasteiger partial charge in [-0.05, 0) is 44.2 Å². The third-order valence-corrected chi connectivity index (χ3v) is 8.33. The monoisotopic (exact) mass is 436 g/mol. The van der Waals surface area contributed by atoms with Crippen molar-refractivity contribution in [1.29, 1.82) is 0 Å². The second kappa shape index (κ2) is 7.60. The smallest absolute Gasteiger partial charge is 0.399 e. The van der Waals surface area contributed by atoms with Gasteiger partial charge in [0.05, 0.1) is 11.2 Å². The lowest BCUT2D eigenvalue weighted by Crippen LogP contribution is -2.55. The quantitative estimate of drug-likeness (QED) is 0.413. The van der Waals surface area contributed by atoms with Crippen LogP contribution < -0.4 is 32.8 Å². The highest BCUT2D eigenvalue weighted by atomic mass is 32.1. The number of benzene rings is 3. The Kier molecular flexibility index (Phi) is 5.28. The molecule has 4 aromatic rings. The van der Waals surface area contributed by atoms with E-state index in [9.17, 15) is 0 Å². The van der Waals surface area contributed by atoms with Gasteiger partial charge >= 0.3 is 7.12 Å². The number of hydrogen-bond acceptors (Lipinski definition) is 3. The largest absolute Gasteiger partial charge is 0.496 e. The van der Waals surface area contributed by atoms with Crippen LogP contribution in [-0.4, -0.2) is 57.6 Å². The van der Waals surface area contributed by atoms with E-state index < -0.39 is 18.3 Å². The molecule has 2 nitrogen and oxygen atoms in total. The minimum absolute atomic E-state index is 0.209. The second-order valence-corrected chi connectivity index (χ2v) is 10.6. The Bertz CT molecular complexity index is 1400. The fourth-order valence-electron chi connectivity index (χ4n) is 4.33. The normalized spacial score (nSPS) is 17.3. The maximum Gasteiger partial charge on any atom is 0.496 e. The average Bonchev–Trinajstić information content (AvgIpc) is 3.25. The Morgan fingerprint density at radius 3 is 1.73 bits per heavy atom. The Hall–Kier alpha value is -1.81. The zero-order chi connectivity index (χ0) is 23.9. The lowest BCUT2D eigenvalue weighted by molar-refractivity contribution is 0.00578. The van der Waals surface area contributed by atoms with Crippen LogP contribution in [0.15, 0.2) is 36.4 Å². The van der Waals surface area contributed by atoms with E-state index in [1.165, 1.54) is 0 Å². The molecule has 0 aliphatic carbocycles. The predicted octanol–water partition coefficient (Wildman–Crippen LogP) is -0.0103. The van der Waals surface area contributed by atoms with Crippen molar-refractivity contribution in [2.75, 3.05) is 0 Å². The maximum atomic E-state index is 6.38. The average molecular weight is 435 g/mol. The molecule has 1 aliphatic rings. The zero-order valence-electron chi connectivity index (χ0n) is 19.2. The summed E-state index contributed by atoms with van der Waals surface area (Å²) in [5.41, 5.74) is 2.96. The van der Waals surface area contributed by atoms with Gasteiger partial charge in [-0.3, -0.25) is 0 Å². The molecule has 1 fully saturated rings. The minimum atomic E-state index is -0.465. The lowest BCUT2D eigenvalue weighted by Gasteiger charge is -2.32. The summed E-state index contributed by atoms with van der Waals surface area (Å²) >= 11 is 1.65. The first kappa shape index (κ1) is 23.0. The SMILES string of the molecule is [B]c1c([B])c([B])c(-c2cccc3c2sc2c(B4OC(C)(C)C(C)(C)O4)cccc23)c([B])c1[B]. The molecule has 1 aromatic heterocycles. The molecular formula is C24H18B6O2S. The first-order valence-electron chi connectivity index (χ1n) is 10.8. The van der Waals surface area contributed by atoms with Gasteiger partial charge in [0.25, 0.3) is 0 Å². The van der Waals surface area contributed by atoms with E-state index in [1.807, 2.05) is 18.2 Å². The van der Waals surface area contributed by atoms with Gasteiger partial charge in [-0.25, -0.2) is 0 Å². The van der Waals surface area contributed by atoms with Crippen molar-refractivity contribution in [2.45, 2.75) is 38.9 Å². The Labute approximate surface area is 206 Å². The summed E-state index contributed by atoms with van der Waals surface area (Å²) in [6.45, 7) is 8.21. The first-order valence-corrected chi connectivity index (χ1v) is 11.6. The van der Waals surface area contributed by atoms with E-state index in [0.29, 0.717) is 16.5 Å². The van der Waals surface area contributed by atoms with Crippen molar-refractivity contribution < 1.29 is 9.31 Å². The highest BCUT2D eigenvalue weighted by Gasteiger charge is 2.52. The fourth-order valence-corrected chi connectivity index (χ4v) is 5.68. The molecule has 0 N–H and O–H groups in total. The van der Waals surface area contributed by atoms with Gasteiger partial charge in [-0.2, -0.15) is 0 Å². The number of rotatable bonds is 2. The number of hydrogen-bond donors (Lipinski definition) is 0. The van der Waals surface area contributed by atoms with Crippen LogP contribution in [0.1, 0.15) is 27.7 Å². The summed E-state index contributed by atoms with van der Waals surface area (Å²) in [5.74, 6) is 0. The molecule has 5 rings (SSSR count). The Balaban J connectivity index is 1.77. The molecular weight excluding hydrogens is 417 g/mol. The van der Waals surface area contributed by atoms with Crippen molar-refractivity contribution in [1.82, 2.24) is 0 Å². The predicted molar refractivity (Wildman–Crippen MR) is 147 cm³/mol. The summed E-state index contributed by atoms with van der Waals surface area (Å²) in [5, 5.41) is 2.19. The molecule has 0 unspecified atom stereocenters. The molecule has 0 amide bonds. The van der Waals surface area contributed by atoms with Gasteiger partial charge in [0, 0.05) is 20.2 Å². The van der Waals surface area contributed by atoms with Gasteiger partial charge in [0.2, 0.25) is 0 Å². The lowest BCUT2D eigenvalue weighted by atomic mass is 9.59. The van der Waals surface area contributed by atoms with E-state index in [2.05, 4.69) is 45.9 Å². The Morgan fingerprint density at radius 2 is 1.15 bits per heavy atom. The summed E-state index contributed by atoms with van der Waals surface area (Å²) < 4.78 is 14.8. The van der Waals surface area contributed by atoms with E-state index in [4.69, 9.17) is 48.5 Å². The van der Waals surface area contributed by atoms with E-state index >= 15 is 0 Å². The molecule has 0 atom stereocenters. The van der Waals surface area contributed by atoms with Gasteiger partial charge in [-0.1, -0.05) is 47.3 Å². The maximum absolute atomic E-state index is 6.38. The molecule has 1 aliphatic heterocycles. The molecule has 0 saturated carbocycles. The highest BCUT2D eigenvalue weighted by molar-refractivity contribution is 7.27. The molecule has 2 heterocycles. The molecule has 0 spiro atoms. The second-order valence-electron chi connectivity index (χ2n) is 9.54. The highest BCUT2D eigenvalue weighted by Crippen LogP contribution is 2.41. The van der Waals surface area contributed by atoms with E-state index in [-0.39, 0.29) is 16.4 Å². The van der Waals surface area contributed by atoms with Gasteiger partial charge in [0.15, 0.2) is 0 Å². The van der Waals surface area contributed by atoms with Crippen LogP contribution in [0.25, 0.3) is 31.3 Å². The van der Waals surface area contributed by atoms with Crippen molar-refractivity contribution in [3.63, 3.8) is 0 Å². The van der Waals surface area contributed by atoms with Crippen LogP contribution in [0.5, 0.6) is 0 Å². The third-order valence-electron chi connectivity index (χ3n) is 7.03. The Morgan fingerprint density at radius 1 is 0.667 bits per heavy atom. The van der Waals surface area contributed by atoms with E-state index in [1.54, 1.807) is 11.3 Å². The fraction of sp³-hybridized carbons (Fsp3) is 0.250. The summed E-state index contributed by atoms with van der Waals surface area (Å²) in [4.78, 5) is 0. The van der Waals surface area contributed by atoms with Crippen LogP contribution in [-0.2, 0) is 9.31 Å². The summed E-state index contributed by atoms with van der Waals surface area (Å²) in [6, 6.07) is 12.2. The van der Waals surface area contributed by atoms with Crippen LogP contribution in [0.4, 0.5) is 0 Å². The first-order chi connectivity index (χ1) is 15.4. The summed E-state index contributed by atoms with van der Waals surface area (Å²) in [7, 11) is 30.6. The number of thiophene rings is 1. The molecule has 150 valence electrons. The standard InChI is InChI=1S/C24H18B6O2S/c1-23(2)24(3,4)32-30(31-23)14-10-6-8-12-11-7-5-9-13(21(11)33-22(12)14)15-16(25)18(27)20(29)19(28)17(15)26/h5-10H,1-4H3. The van der Waals surface area contributed by atoms with Gasteiger partial charge in [-0.15, -0.1) is 27.7 Å². The molecule has 3 aromatic carbocycles. The summed E-state index contributed by atoms with van der Waals surface area (Å²) in [6.07, 6.45) is 0. The molecule has 0 bridgehead atoms. The van der Waals surface area contributed by atoms with Crippen LogP contribution in [0, 0.1) is 0 Å². The molecule has 33 heavy (non-hydrogen) atoms. The van der Waals surface area contributed by atoms with Crippen LogP contribution >= 0.6 is 11.3 Å². The van der Waals surface area contributed by atoms with Crippen LogP contribution in [0.2, 0.25) is 0 Å². The van der Waals surface area contributed by atoms with Crippen molar-refractivity contribution in [3.8, 4) is 11.1 Å². The van der Waals surface area contributed by atoms with Crippen molar-refractivity contribution >= 4 is 111 Å². The topological polar surface area (TPSA) is 18.5 Å².